The molecule has 3 N–H and O–H groups in total. The van der Waals surface area contributed by atoms with Crippen LogP contribution in [0.1, 0.15) is 34.5 Å². The van der Waals surface area contributed by atoms with Crippen LogP contribution >= 0.6 is 12.8 Å². The van der Waals surface area contributed by atoms with E-state index in [0.717, 1.165) is 9.87 Å². The van der Waals surface area contributed by atoms with Crippen LogP contribution in [0.5, 0.6) is 0 Å². The Kier molecular flexibility index (Phi) is 5.46. The first kappa shape index (κ1) is 17.8. The number of benzene rings is 2. The standard InChI is InChI=1S/C17H18FN3O2S/c1-10-9-14(7-8-15(10)16(19)22)21(24)17(23)20-11(2)12-3-5-13(18)6-4-12/h3-9,11,24H,1-2H3,(H2,19,22)(H,20,23). The summed E-state index contributed by atoms with van der Waals surface area (Å²) in [5, 5.41) is 2.77. The molecule has 0 aromatic heterocycles. The molecule has 5 nitrogen and oxygen atoms in total. The van der Waals surface area contributed by atoms with Gasteiger partial charge in [-0.1, -0.05) is 24.9 Å². The van der Waals surface area contributed by atoms with E-state index in [9.17, 15) is 14.0 Å². The number of nitrogens with zero attached hydrogens (tertiary/aromatic N) is 1. The zero-order valence-corrected chi connectivity index (χ0v) is 14.2. The molecule has 1 atom stereocenters. The molecule has 0 fully saturated rings. The number of primary amides is 1. The summed E-state index contributed by atoms with van der Waals surface area (Å²) in [6.07, 6.45) is 0. The van der Waals surface area contributed by atoms with Gasteiger partial charge in [0.2, 0.25) is 5.91 Å². The molecule has 0 radical (unpaired) electrons. The number of rotatable bonds is 4. The van der Waals surface area contributed by atoms with Crippen LogP contribution in [-0.2, 0) is 0 Å². The van der Waals surface area contributed by atoms with E-state index < -0.39 is 11.9 Å². The second kappa shape index (κ2) is 7.35. The quantitative estimate of drug-likeness (QED) is 0.742. The van der Waals surface area contributed by atoms with Gasteiger partial charge in [0.05, 0.1) is 11.7 Å². The van der Waals surface area contributed by atoms with Gasteiger partial charge < -0.3 is 11.1 Å². The highest BCUT2D eigenvalue weighted by Crippen LogP contribution is 2.22. The van der Waals surface area contributed by atoms with Crippen LogP contribution in [0.4, 0.5) is 14.9 Å². The molecule has 1 unspecified atom stereocenters. The topological polar surface area (TPSA) is 75.4 Å². The van der Waals surface area contributed by atoms with Crippen LogP contribution in [0, 0.1) is 12.7 Å². The minimum Gasteiger partial charge on any atom is -0.366 e. The van der Waals surface area contributed by atoms with Gasteiger partial charge in [-0.15, -0.1) is 0 Å². The van der Waals surface area contributed by atoms with Gasteiger partial charge in [-0.2, -0.15) is 0 Å². The lowest BCUT2D eigenvalue weighted by molar-refractivity contribution is 0.0999. The van der Waals surface area contributed by atoms with Crippen molar-refractivity contribution in [1.29, 1.82) is 0 Å². The van der Waals surface area contributed by atoms with Crippen LogP contribution in [-0.4, -0.2) is 11.9 Å². The van der Waals surface area contributed by atoms with Gasteiger partial charge in [0.15, 0.2) is 0 Å². The number of aryl methyl sites for hydroxylation is 1. The van der Waals surface area contributed by atoms with Gasteiger partial charge in [-0.3, -0.25) is 4.79 Å². The van der Waals surface area contributed by atoms with Crippen LogP contribution in [0.25, 0.3) is 0 Å². The number of hydrogen-bond acceptors (Lipinski definition) is 3. The van der Waals surface area contributed by atoms with Gasteiger partial charge in [0.1, 0.15) is 5.82 Å². The molecule has 0 aliphatic rings. The Morgan fingerprint density at radius 3 is 2.38 bits per heavy atom. The predicted octanol–water partition coefficient (Wildman–Crippen LogP) is 3.36. The average molecular weight is 347 g/mol. The first-order valence-corrected chi connectivity index (χ1v) is 7.65. The number of urea groups is 1. The summed E-state index contributed by atoms with van der Waals surface area (Å²) in [7, 11) is 0. The molecule has 3 amide bonds. The molecule has 2 aromatic rings. The molecule has 7 heteroatoms. The van der Waals surface area contributed by atoms with Crippen molar-refractivity contribution in [3.63, 3.8) is 0 Å². The fraction of sp³-hybridized carbons (Fsp3) is 0.176. The van der Waals surface area contributed by atoms with Gasteiger partial charge in [-0.25, -0.2) is 13.5 Å². The van der Waals surface area contributed by atoms with E-state index in [2.05, 4.69) is 18.1 Å². The Hall–Kier alpha value is -2.54. The Morgan fingerprint density at radius 2 is 1.83 bits per heavy atom. The largest absolute Gasteiger partial charge is 0.366 e. The molecule has 2 rings (SSSR count). The lowest BCUT2D eigenvalue weighted by Crippen LogP contribution is -2.35. The maximum atomic E-state index is 12.9. The van der Waals surface area contributed by atoms with Crippen molar-refractivity contribution in [3.8, 4) is 0 Å². The summed E-state index contributed by atoms with van der Waals surface area (Å²) in [5.74, 6) is -0.864. The van der Waals surface area contributed by atoms with Crippen molar-refractivity contribution < 1.29 is 14.0 Å². The number of carbonyl (C=O) groups excluding carboxylic acids is 2. The molecule has 0 aliphatic carbocycles. The SMILES string of the molecule is Cc1cc(N(S)C(=O)NC(C)c2ccc(F)cc2)ccc1C(N)=O. The molecular weight excluding hydrogens is 329 g/mol. The van der Waals surface area contributed by atoms with Crippen molar-refractivity contribution in [2.24, 2.45) is 5.73 Å². The number of thiol groups is 1. The second-order valence-corrected chi connectivity index (χ2v) is 5.80. The van der Waals surface area contributed by atoms with Crippen molar-refractivity contribution in [2.75, 3.05) is 4.31 Å². The fourth-order valence-electron chi connectivity index (χ4n) is 2.25. The summed E-state index contributed by atoms with van der Waals surface area (Å²) in [4.78, 5) is 23.5. The Bertz CT molecular complexity index is 765. The number of anilines is 1. The second-order valence-electron chi connectivity index (χ2n) is 5.40. The van der Waals surface area contributed by atoms with Crippen molar-refractivity contribution >= 4 is 30.4 Å². The highest BCUT2D eigenvalue weighted by Gasteiger charge is 2.17. The maximum absolute atomic E-state index is 12.9. The molecule has 0 aliphatic heterocycles. The van der Waals surface area contributed by atoms with E-state index in [1.165, 1.54) is 12.1 Å². The number of amides is 3. The normalized spacial score (nSPS) is 11.7. The Balaban J connectivity index is 2.10. The molecule has 0 heterocycles. The Labute approximate surface area is 145 Å². The van der Waals surface area contributed by atoms with E-state index >= 15 is 0 Å². The zero-order valence-electron chi connectivity index (χ0n) is 13.3. The number of halogens is 1. The van der Waals surface area contributed by atoms with Crippen molar-refractivity contribution in [3.05, 3.63) is 65.0 Å². The van der Waals surface area contributed by atoms with Gasteiger partial charge in [0, 0.05) is 5.56 Å². The molecule has 24 heavy (non-hydrogen) atoms. The molecule has 0 saturated heterocycles. The van der Waals surface area contributed by atoms with E-state index in [1.807, 2.05) is 0 Å². The van der Waals surface area contributed by atoms with Crippen molar-refractivity contribution in [2.45, 2.75) is 19.9 Å². The number of nitrogens with two attached hydrogens (primary N) is 1. The molecule has 0 spiro atoms. The number of nitrogens with one attached hydrogen (secondary N) is 1. The lowest BCUT2D eigenvalue weighted by atomic mass is 10.1. The van der Waals surface area contributed by atoms with E-state index in [1.54, 1.807) is 44.2 Å². The van der Waals surface area contributed by atoms with Crippen LogP contribution < -0.4 is 15.4 Å². The third-order valence-electron chi connectivity index (χ3n) is 3.62. The maximum Gasteiger partial charge on any atom is 0.332 e. The third kappa shape index (κ3) is 4.05. The predicted molar refractivity (Wildman–Crippen MR) is 94.5 cm³/mol. The third-order valence-corrected chi connectivity index (χ3v) is 4.03. The molecular formula is C17H18FN3O2S. The van der Waals surface area contributed by atoms with Crippen LogP contribution in [0.15, 0.2) is 42.5 Å². The van der Waals surface area contributed by atoms with E-state index in [0.29, 0.717) is 16.8 Å². The van der Waals surface area contributed by atoms with Gasteiger partial charge in [-0.05, 0) is 55.3 Å². The molecule has 0 saturated carbocycles. The smallest absolute Gasteiger partial charge is 0.332 e. The summed E-state index contributed by atoms with van der Waals surface area (Å²) < 4.78 is 14.1. The molecule has 2 aromatic carbocycles. The number of hydrogen-bond donors (Lipinski definition) is 3. The van der Waals surface area contributed by atoms with Gasteiger partial charge in [0.25, 0.3) is 0 Å². The minimum atomic E-state index is -0.529. The first-order valence-electron chi connectivity index (χ1n) is 7.25. The summed E-state index contributed by atoms with van der Waals surface area (Å²) >= 11 is 4.20. The summed E-state index contributed by atoms with van der Waals surface area (Å²) in [6, 6.07) is 9.90. The molecule has 126 valence electrons. The fourth-order valence-corrected chi connectivity index (χ4v) is 2.44. The highest BCUT2D eigenvalue weighted by molar-refractivity contribution is 7.82. The highest BCUT2D eigenvalue weighted by atomic mass is 32.1. The van der Waals surface area contributed by atoms with Crippen molar-refractivity contribution in [1.82, 2.24) is 5.32 Å². The van der Waals surface area contributed by atoms with E-state index in [-0.39, 0.29) is 11.9 Å². The summed E-state index contributed by atoms with van der Waals surface area (Å²) in [6.45, 7) is 3.51. The molecule has 0 bridgehead atoms. The minimum absolute atomic E-state index is 0.321. The van der Waals surface area contributed by atoms with Crippen LogP contribution in [0.2, 0.25) is 0 Å². The first-order chi connectivity index (χ1) is 11.3. The lowest BCUT2D eigenvalue weighted by Gasteiger charge is -2.21. The average Bonchev–Trinajstić information content (AvgIpc) is 2.54. The van der Waals surface area contributed by atoms with E-state index in [4.69, 9.17) is 5.73 Å². The zero-order chi connectivity index (χ0) is 17.9. The monoisotopic (exact) mass is 347 g/mol. The van der Waals surface area contributed by atoms with Crippen LogP contribution in [0.3, 0.4) is 0 Å². The van der Waals surface area contributed by atoms with Gasteiger partial charge >= 0.3 is 6.03 Å². The number of carbonyl (C=O) groups is 2. The Morgan fingerprint density at radius 1 is 1.21 bits per heavy atom. The summed E-state index contributed by atoms with van der Waals surface area (Å²) in [5.41, 5.74) is 7.58.